The van der Waals surface area contributed by atoms with Gasteiger partial charge in [-0.15, -0.1) is 0 Å². The van der Waals surface area contributed by atoms with Crippen LogP contribution in [-0.2, 0) is 4.79 Å². The Kier molecular flexibility index (Phi) is 1.20. The molecule has 1 amide bonds. The number of fused-ring (bicyclic) bond motifs is 3. The van der Waals surface area contributed by atoms with E-state index in [-0.39, 0.29) is 11.9 Å². The first-order chi connectivity index (χ1) is 4.77. The van der Waals surface area contributed by atoms with E-state index in [1.165, 1.54) is 6.42 Å². The Morgan fingerprint density at radius 1 is 1.60 bits per heavy atom. The third-order valence-corrected chi connectivity index (χ3v) is 2.48. The summed E-state index contributed by atoms with van der Waals surface area (Å²) in [5.41, 5.74) is 0. The predicted molar refractivity (Wildman–Crippen MR) is 37.6 cm³/mol. The number of hydrogen-bond acceptors (Lipinski definition) is 2. The van der Waals surface area contributed by atoms with Gasteiger partial charge in [-0.2, -0.15) is 0 Å². The molecule has 3 rings (SSSR count). The zero-order chi connectivity index (χ0) is 7.14. The highest BCUT2D eigenvalue weighted by atomic mass is 16.2. The first-order valence-corrected chi connectivity index (χ1v) is 3.78. The molecule has 2 bridgehead atoms. The number of carbonyl (C=O) groups excluding carboxylic acids is 1. The zero-order valence-corrected chi connectivity index (χ0v) is 6.13. The molecule has 56 valence electrons. The number of piperidine rings is 2. The largest absolute Gasteiger partial charge is 0.351 e. The lowest BCUT2D eigenvalue weighted by Gasteiger charge is -2.42. The maximum Gasteiger partial charge on any atom is 0.237 e. The summed E-state index contributed by atoms with van der Waals surface area (Å²) in [6.45, 7) is 1.04. The van der Waals surface area contributed by atoms with Crippen molar-refractivity contribution in [3.05, 3.63) is 0 Å². The molecule has 3 aliphatic rings. The Labute approximate surface area is 60.4 Å². The smallest absolute Gasteiger partial charge is 0.237 e. The van der Waals surface area contributed by atoms with Gasteiger partial charge in [0, 0.05) is 12.6 Å². The predicted octanol–water partition coefficient (Wildman–Crippen LogP) is -0.421. The molecule has 0 aromatic carbocycles. The Hall–Kier alpha value is -0.570. The molecule has 0 aromatic heterocycles. The molecule has 0 spiro atoms. The molecule has 0 radical (unpaired) electrons. The van der Waals surface area contributed by atoms with Gasteiger partial charge in [0.15, 0.2) is 0 Å². The lowest BCUT2D eigenvalue weighted by atomic mass is 9.93. The van der Waals surface area contributed by atoms with Gasteiger partial charge >= 0.3 is 0 Å². The summed E-state index contributed by atoms with van der Waals surface area (Å²) in [5, 5.41) is 2.97. The summed E-state index contributed by atoms with van der Waals surface area (Å²) in [7, 11) is 2.02. The van der Waals surface area contributed by atoms with E-state index in [9.17, 15) is 4.79 Å². The van der Waals surface area contributed by atoms with E-state index in [2.05, 4.69) is 10.2 Å². The SMILES string of the molecule is CN1CC2CCC1C(=O)N2. The summed E-state index contributed by atoms with van der Waals surface area (Å²) in [6.07, 6.45) is 2.22. The number of hydrogen-bond donors (Lipinski definition) is 1. The van der Waals surface area contributed by atoms with Gasteiger partial charge in [-0.05, 0) is 19.9 Å². The summed E-state index contributed by atoms with van der Waals surface area (Å²) < 4.78 is 0. The summed E-state index contributed by atoms with van der Waals surface area (Å²) in [4.78, 5) is 13.3. The summed E-state index contributed by atoms with van der Waals surface area (Å²) in [6, 6.07) is 0.604. The zero-order valence-electron chi connectivity index (χ0n) is 6.13. The van der Waals surface area contributed by atoms with Crippen LogP contribution in [0, 0.1) is 0 Å². The van der Waals surface area contributed by atoms with E-state index in [0.717, 1.165) is 13.0 Å². The van der Waals surface area contributed by atoms with Crippen molar-refractivity contribution in [3.63, 3.8) is 0 Å². The van der Waals surface area contributed by atoms with Crippen LogP contribution in [0.1, 0.15) is 12.8 Å². The van der Waals surface area contributed by atoms with Crippen LogP contribution in [0.5, 0.6) is 0 Å². The number of nitrogens with one attached hydrogen (secondary N) is 1. The molecule has 3 heterocycles. The van der Waals surface area contributed by atoms with E-state index >= 15 is 0 Å². The lowest BCUT2D eigenvalue weighted by Crippen LogP contribution is -2.62. The quantitative estimate of drug-likeness (QED) is 0.495. The maximum atomic E-state index is 11.1. The van der Waals surface area contributed by atoms with Crippen LogP contribution in [0.4, 0.5) is 0 Å². The fourth-order valence-electron chi connectivity index (χ4n) is 1.89. The van der Waals surface area contributed by atoms with Crippen molar-refractivity contribution in [2.75, 3.05) is 13.6 Å². The third-order valence-electron chi connectivity index (χ3n) is 2.48. The molecule has 0 saturated carbocycles. The minimum atomic E-state index is 0.171. The van der Waals surface area contributed by atoms with E-state index < -0.39 is 0 Å². The van der Waals surface area contributed by atoms with Gasteiger partial charge < -0.3 is 5.32 Å². The number of rotatable bonds is 0. The van der Waals surface area contributed by atoms with Gasteiger partial charge in [0.05, 0.1) is 6.04 Å². The lowest BCUT2D eigenvalue weighted by molar-refractivity contribution is -0.133. The number of amides is 1. The highest BCUT2D eigenvalue weighted by Crippen LogP contribution is 2.20. The van der Waals surface area contributed by atoms with Crippen LogP contribution in [0.2, 0.25) is 0 Å². The van der Waals surface area contributed by atoms with Crippen LogP contribution in [0.3, 0.4) is 0 Å². The van der Waals surface area contributed by atoms with Crippen molar-refractivity contribution < 1.29 is 4.79 Å². The van der Waals surface area contributed by atoms with Gasteiger partial charge in [0.25, 0.3) is 0 Å². The Bertz CT molecular complexity index is 169. The number of likely N-dealkylation sites (N-methyl/N-ethyl adjacent to an activating group) is 1. The fourth-order valence-corrected chi connectivity index (χ4v) is 1.89. The number of carbonyl (C=O) groups is 1. The molecular weight excluding hydrogens is 128 g/mol. The van der Waals surface area contributed by atoms with Gasteiger partial charge in [0.2, 0.25) is 5.91 Å². The molecule has 0 aliphatic carbocycles. The van der Waals surface area contributed by atoms with Crippen molar-refractivity contribution in [2.24, 2.45) is 0 Å². The minimum absolute atomic E-state index is 0.171. The van der Waals surface area contributed by atoms with Crippen molar-refractivity contribution in [2.45, 2.75) is 24.9 Å². The van der Waals surface area contributed by atoms with Crippen LogP contribution < -0.4 is 5.32 Å². The second kappa shape index (κ2) is 1.95. The standard InChI is InChI=1S/C7H12N2O/c1-9-4-5-2-3-6(9)7(10)8-5/h5-6H,2-4H2,1H3,(H,8,10). The average Bonchev–Trinajstić information content (AvgIpc) is 1.86. The average molecular weight is 140 g/mol. The second-order valence-corrected chi connectivity index (χ2v) is 3.24. The van der Waals surface area contributed by atoms with E-state index in [1.54, 1.807) is 0 Å². The van der Waals surface area contributed by atoms with Gasteiger partial charge in [-0.3, -0.25) is 9.69 Å². The van der Waals surface area contributed by atoms with Gasteiger partial charge in [0.1, 0.15) is 0 Å². The molecule has 1 N–H and O–H groups in total. The highest BCUT2D eigenvalue weighted by molar-refractivity contribution is 5.83. The Balaban J connectivity index is 2.18. The normalized spacial score (nSPS) is 39.9. The van der Waals surface area contributed by atoms with Crippen LogP contribution in [0.25, 0.3) is 0 Å². The number of nitrogens with zero attached hydrogens (tertiary/aromatic N) is 1. The molecule has 3 fully saturated rings. The fraction of sp³-hybridized carbons (Fsp3) is 0.857. The first-order valence-electron chi connectivity index (χ1n) is 3.78. The summed E-state index contributed by atoms with van der Waals surface area (Å²) in [5.74, 6) is 0.227. The van der Waals surface area contributed by atoms with Crippen molar-refractivity contribution in [1.29, 1.82) is 0 Å². The number of piperazine rings is 1. The molecular formula is C7H12N2O. The molecule has 10 heavy (non-hydrogen) atoms. The van der Waals surface area contributed by atoms with E-state index in [1.807, 2.05) is 7.05 Å². The molecule has 2 atom stereocenters. The maximum absolute atomic E-state index is 11.1. The molecule has 3 heteroatoms. The Morgan fingerprint density at radius 3 is 2.80 bits per heavy atom. The topological polar surface area (TPSA) is 32.3 Å². The van der Waals surface area contributed by atoms with Gasteiger partial charge in [-0.25, -0.2) is 0 Å². The van der Waals surface area contributed by atoms with E-state index in [0.29, 0.717) is 6.04 Å². The molecule has 2 unspecified atom stereocenters. The Morgan fingerprint density at radius 2 is 2.40 bits per heavy atom. The molecule has 3 nitrogen and oxygen atoms in total. The summed E-state index contributed by atoms with van der Waals surface area (Å²) >= 11 is 0. The van der Waals surface area contributed by atoms with Crippen LogP contribution in [0.15, 0.2) is 0 Å². The van der Waals surface area contributed by atoms with Crippen molar-refractivity contribution in [1.82, 2.24) is 10.2 Å². The molecule has 3 saturated heterocycles. The highest BCUT2D eigenvalue weighted by Gasteiger charge is 2.37. The minimum Gasteiger partial charge on any atom is -0.351 e. The van der Waals surface area contributed by atoms with Gasteiger partial charge in [-0.1, -0.05) is 0 Å². The molecule has 3 aliphatic heterocycles. The van der Waals surface area contributed by atoms with E-state index in [4.69, 9.17) is 0 Å². The molecule has 0 aromatic rings. The third kappa shape index (κ3) is 0.736. The first kappa shape index (κ1) is 6.16. The van der Waals surface area contributed by atoms with Crippen LogP contribution >= 0.6 is 0 Å². The van der Waals surface area contributed by atoms with Crippen molar-refractivity contribution >= 4 is 5.91 Å². The monoisotopic (exact) mass is 140 g/mol. The van der Waals surface area contributed by atoms with Crippen molar-refractivity contribution in [3.8, 4) is 0 Å². The second-order valence-electron chi connectivity index (χ2n) is 3.24. The van der Waals surface area contributed by atoms with Crippen LogP contribution in [-0.4, -0.2) is 36.5 Å².